The second kappa shape index (κ2) is 5.07. The zero-order valence-corrected chi connectivity index (χ0v) is 11.7. The lowest BCUT2D eigenvalue weighted by Crippen LogP contribution is -2.37. The van der Waals surface area contributed by atoms with Crippen molar-refractivity contribution in [2.75, 3.05) is 16.6 Å². The van der Waals surface area contributed by atoms with E-state index in [4.69, 9.17) is 23.2 Å². The highest BCUT2D eigenvalue weighted by atomic mass is 35.5. The van der Waals surface area contributed by atoms with Crippen LogP contribution in [0.2, 0.25) is 5.02 Å². The highest BCUT2D eigenvalue weighted by Gasteiger charge is 2.26. The summed E-state index contributed by atoms with van der Waals surface area (Å²) in [5, 5.41) is -0.482. The number of carbonyl (C=O) groups excluding carboxylic acids is 1. The predicted octanol–water partition coefficient (Wildman–Crippen LogP) is 2.65. The fourth-order valence-corrected chi connectivity index (χ4v) is 3.94. The minimum atomic E-state index is -3.30. The van der Waals surface area contributed by atoms with Crippen LogP contribution in [0.4, 0.5) is 5.69 Å². The van der Waals surface area contributed by atoms with Crippen LogP contribution in [0, 0.1) is 0 Å². The Morgan fingerprint density at radius 1 is 1.28 bits per heavy atom. The standard InChI is InChI=1S/C11H11Cl2NO3S/c12-10-4-3-8(7-9(10)11(13)15)14-5-1-2-6-18(14,16)17/h3-4,7H,1-2,5-6H2. The lowest BCUT2D eigenvalue weighted by molar-refractivity contribution is 0.108. The van der Waals surface area contributed by atoms with E-state index >= 15 is 0 Å². The number of benzene rings is 1. The largest absolute Gasteiger partial charge is 0.276 e. The molecule has 0 bridgehead atoms. The Bertz CT molecular complexity index is 586. The van der Waals surface area contributed by atoms with Gasteiger partial charge in [0.15, 0.2) is 0 Å². The van der Waals surface area contributed by atoms with Crippen LogP contribution < -0.4 is 4.31 Å². The molecule has 0 aromatic heterocycles. The molecule has 1 heterocycles. The van der Waals surface area contributed by atoms with E-state index in [1.165, 1.54) is 16.4 Å². The molecule has 2 rings (SSSR count). The Kier molecular flexibility index (Phi) is 3.84. The molecule has 18 heavy (non-hydrogen) atoms. The molecule has 0 atom stereocenters. The van der Waals surface area contributed by atoms with E-state index in [-0.39, 0.29) is 16.3 Å². The molecule has 0 N–H and O–H groups in total. The van der Waals surface area contributed by atoms with Gasteiger partial charge in [0.05, 0.1) is 22.0 Å². The molecule has 4 nitrogen and oxygen atoms in total. The first-order valence-corrected chi connectivity index (χ1v) is 7.78. The topological polar surface area (TPSA) is 54.5 Å². The molecular formula is C11H11Cl2NO3S. The van der Waals surface area contributed by atoms with E-state index in [1.54, 1.807) is 6.07 Å². The van der Waals surface area contributed by atoms with Crippen LogP contribution in [-0.2, 0) is 10.0 Å². The summed E-state index contributed by atoms with van der Waals surface area (Å²) in [6.07, 6.45) is 1.46. The zero-order valence-electron chi connectivity index (χ0n) is 9.40. The molecule has 0 unspecified atom stereocenters. The predicted molar refractivity (Wildman–Crippen MR) is 72.0 cm³/mol. The minimum Gasteiger partial charge on any atom is -0.276 e. The van der Waals surface area contributed by atoms with Crippen LogP contribution in [0.15, 0.2) is 18.2 Å². The van der Waals surface area contributed by atoms with Crippen molar-refractivity contribution in [3.63, 3.8) is 0 Å². The molecule has 0 amide bonds. The van der Waals surface area contributed by atoms with Crippen LogP contribution in [0.3, 0.4) is 0 Å². The number of hydrogen-bond donors (Lipinski definition) is 0. The van der Waals surface area contributed by atoms with Gasteiger partial charge in [-0.05, 0) is 42.6 Å². The van der Waals surface area contributed by atoms with E-state index in [1.807, 2.05) is 0 Å². The Morgan fingerprint density at radius 2 is 2.00 bits per heavy atom. The first-order chi connectivity index (χ1) is 8.42. The Labute approximate surface area is 116 Å². The Balaban J connectivity index is 2.45. The summed E-state index contributed by atoms with van der Waals surface area (Å²) >= 11 is 11.2. The van der Waals surface area contributed by atoms with Crippen LogP contribution in [-0.4, -0.2) is 26.0 Å². The molecule has 1 aromatic rings. The summed E-state index contributed by atoms with van der Waals surface area (Å²) in [7, 11) is -3.30. The zero-order chi connectivity index (χ0) is 13.3. The van der Waals surface area contributed by atoms with E-state index < -0.39 is 15.3 Å². The van der Waals surface area contributed by atoms with Crippen molar-refractivity contribution in [1.82, 2.24) is 0 Å². The second-order valence-electron chi connectivity index (χ2n) is 4.03. The first kappa shape index (κ1) is 13.6. The van der Waals surface area contributed by atoms with Gasteiger partial charge in [-0.25, -0.2) is 8.42 Å². The van der Waals surface area contributed by atoms with Gasteiger partial charge in [0.25, 0.3) is 5.24 Å². The van der Waals surface area contributed by atoms with Crippen molar-refractivity contribution in [3.05, 3.63) is 28.8 Å². The maximum atomic E-state index is 11.9. The summed E-state index contributed by atoms with van der Waals surface area (Å²) in [5.74, 6) is 0.125. The van der Waals surface area contributed by atoms with Crippen molar-refractivity contribution < 1.29 is 13.2 Å². The summed E-state index contributed by atoms with van der Waals surface area (Å²) in [6.45, 7) is 0.417. The summed E-state index contributed by atoms with van der Waals surface area (Å²) in [6, 6.07) is 4.48. The molecule has 1 aliphatic rings. The molecule has 7 heteroatoms. The van der Waals surface area contributed by atoms with Gasteiger partial charge < -0.3 is 0 Å². The first-order valence-electron chi connectivity index (χ1n) is 5.41. The number of carbonyl (C=O) groups is 1. The van der Waals surface area contributed by atoms with Crippen molar-refractivity contribution in [3.8, 4) is 0 Å². The quantitative estimate of drug-likeness (QED) is 0.789. The number of anilines is 1. The second-order valence-corrected chi connectivity index (χ2v) is 6.80. The van der Waals surface area contributed by atoms with Crippen LogP contribution in [0.5, 0.6) is 0 Å². The highest BCUT2D eigenvalue weighted by molar-refractivity contribution is 7.92. The Morgan fingerprint density at radius 3 is 2.61 bits per heavy atom. The third kappa shape index (κ3) is 2.63. The van der Waals surface area contributed by atoms with Gasteiger partial charge >= 0.3 is 0 Å². The molecule has 0 radical (unpaired) electrons. The Hall–Kier alpha value is -0.780. The molecule has 1 fully saturated rings. The molecule has 98 valence electrons. The average molecular weight is 308 g/mol. The molecule has 1 aliphatic heterocycles. The van der Waals surface area contributed by atoms with Crippen molar-refractivity contribution in [2.45, 2.75) is 12.8 Å². The maximum absolute atomic E-state index is 11.9. The molecule has 1 saturated heterocycles. The fourth-order valence-electron chi connectivity index (χ4n) is 1.90. The summed E-state index contributed by atoms with van der Waals surface area (Å²) in [5.41, 5.74) is 0.555. The van der Waals surface area contributed by atoms with E-state index in [0.29, 0.717) is 18.7 Å². The number of halogens is 2. The molecular weight excluding hydrogens is 297 g/mol. The number of nitrogens with zero attached hydrogens (tertiary/aromatic N) is 1. The molecule has 0 aliphatic carbocycles. The minimum absolute atomic E-state index is 0.122. The fraction of sp³-hybridized carbons (Fsp3) is 0.364. The molecule has 0 spiro atoms. The SMILES string of the molecule is O=C(Cl)c1cc(N2CCCCS2(=O)=O)ccc1Cl. The normalized spacial score (nSPS) is 18.7. The molecule has 1 aromatic carbocycles. The maximum Gasteiger partial charge on any atom is 0.253 e. The highest BCUT2D eigenvalue weighted by Crippen LogP contribution is 2.28. The third-order valence-corrected chi connectivity index (χ3v) is 5.20. The van der Waals surface area contributed by atoms with Gasteiger partial charge in [-0.3, -0.25) is 9.10 Å². The van der Waals surface area contributed by atoms with Gasteiger partial charge in [0, 0.05) is 6.54 Å². The van der Waals surface area contributed by atoms with Gasteiger partial charge in [0.2, 0.25) is 10.0 Å². The van der Waals surface area contributed by atoms with Crippen LogP contribution in [0.25, 0.3) is 0 Å². The van der Waals surface area contributed by atoms with E-state index in [9.17, 15) is 13.2 Å². The number of rotatable bonds is 2. The van der Waals surface area contributed by atoms with E-state index in [2.05, 4.69) is 0 Å². The number of sulfonamides is 1. The molecule has 0 saturated carbocycles. The lowest BCUT2D eigenvalue weighted by atomic mass is 10.2. The van der Waals surface area contributed by atoms with Gasteiger partial charge in [-0.15, -0.1) is 0 Å². The smallest absolute Gasteiger partial charge is 0.253 e. The summed E-state index contributed by atoms with van der Waals surface area (Å²) < 4.78 is 25.1. The van der Waals surface area contributed by atoms with Crippen LogP contribution in [0.1, 0.15) is 23.2 Å². The number of hydrogen-bond acceptors (Lipinski definition) is 3. The third-order valence-electron chi connectivity index (χ3n) is 2.80. The van der Waals surface area contributed by atoms with Crippen molar-refractivity contribution in [2.24, 2.45) is 0 Å². The van der Waals surface area contributed by atoms with Crippen molar-refractivity contribution in [1.29, 1.82) is 0 Å². The van der Waals surface area contributed by atoms with Gasteiger partial charge in [-0.2, -0.15) is 0 Å². The van der Waals surface area contributed by atoms with Crippen LogP contribution >= 0.6 is 23.2 Å². The van der Waals surface area contributed by atoms with E-state index in [0.717, 1.165) is 6.42 Å². The van der Waals surface area contributed by atoms with Gasteiger partial charge in [-0.1, -0.05) is 11.6 Å². The monoisotopic (exact) mass is 307 g/mol. The van der Waals surface area contributed by atoms with Gasteiger partial charge in [0.1, 0.15) is 0 Å². The lowest BCUT2D eigenvalue weighted by Gasteiger charge is -2.28. The average Bonchev–Trinajstić information content (AvgIpc) is 2.29. The summed E-state index contributed by atoms with van der Waals surface area (Å²) in [4.78, 5) is 11.2. The van der Waals surface area contributed by atoms with Crippen molar-refractivity contribution >= 4 is 44.2 Å².